The second-order valence-corrected chi connectivity index (χ2v) is 5.27. The van der Waals surface area contributed by atoms with E-state index in [-0.39, 0.29) is 17.9 Å². The van der Waals surface area contributed by atoms with E-state index < -0.39 is 0 Å². The molecule has 1 saturated heterocycles. The van der Waals surface area contributed by atoms with Gasteiger partial charge in [-0.2, -0.15) is 0 Å². The van der Waals surface area contributed by atoms with Gasteiger partial charge in [0.05, 0.1) is 0 Å². The minimum absolute atomic E-state index is 0.0322. The Bertz CT molecular complexity index is 473. The van der Waals surface area contributed by atoms with Crippen LogP contribution in [0, 0.1) is 0 Å². The number of benzene rings is 1. The van der Waals surface area contributed by atoms with Crippen LogP contribution in [0.15, 0.2) is 24.3 Å². The maximum atomic E-state index is 12.2. The summed E-state index contributed by atoms with van der Waals surface area (Å²) in [5, 5.41) is 3.46. The van der Waals surface area contributed by atoms with Crippen molar-refractivity contribution in [3.8, 4) is 0 Å². The van der Waals surface area contributed by atoms with Crippen molar-refractivity contribution in [3.63, 3.8) is 0 Å². The number of carbonyl (C=O) groups excluding carboxylic acids is 2. The molecule has 0 radical (unpaired) electrons. The quantitative estimate of drug-likeness (QED) is 0.923. The standard InChI is InChI=1S/C14H17ClN2O2/c1-10(18)9-13-3-2-8-17(13)14(19)16-12-6-4-11(15)5-7-12/h4-7,13H,2-3,8-9H2,1H3,(H,16,19). The number of carbonyl (C=O) groups is 2. The molecule has 1 aromatic rings. The summed E-state index contributed by atoms with van der Waals surface area (Å²) in [6.07, 6.45) is 2.29. The molecule has 1 unspecified atom stereocenters. The highest BCUT2D eigenvalue weighted by Crippen LogP contribution is 2.22. The third-order valence-electron chi connectivity index (χ3n) is 3.26. The third kappa shape index (κ3) is 3.70. The van der Waals surface area contributed by atoms with E-state index in [1.54, 1.807) is 36.1 Å². The summed E-state index contributed by atoms with van der Waals surface area (Å²) in [6.45, 7) is 2.27. The molecule has 1 aromatic carbocycles. The zero-order valence-corrected chi connectivity index (χ0v) is 11.6. The Balaban J connectivity index is 1.98. The molecule has 0 spiro atoms. The van der Waals surface area contributed by atoms with E-state index >= 15 is 0 Å². The molecular formula is C14H17ClN2O2. The van der Waals surface area contributed by atoms with Crippen LogP contribution in [0.1, 0.15) is 26.2 Å². The van der Waals surface area contributed by atoms with Crippen molar-refractivity contribution in [2.24, 2.45) is 0 Å². The number of likely N-dealkylation sites (tertiary alicyclic amines) is 1. The first-order valence-corrected chi connectivity index (χ1v) is 6.76. The number of Topliss-reactive ketones (excluding diaryl/α,β-unsaturated/α-hetero) is 1. The topological polar surface area (TPSA) is 49.4 Å². The molecule has 0 aromatic heterocycles. The predicted octanol–water partition coefficient (Wildman–Crippen LogP) is 3.32. The number of anilines is 1. The molecule has 1 aliphatic rings. The maximum Gasteiger partial charge on any atom is 0.322 e. The van der Waals surface area contributed by atoms with Gasteiger partial charge in [0, 0.05) is 29.7 Å². The number of nitrogens with one attached hydrogen (secondary N) is 1. The summed E-state index contributed by atoms with van der Waals surface area (Å²) in [7, 11) is 0. The number of urea groups is 1. The Labute approximate surface area is 117 Å². The molecule has 1 fully saturated rings. The zero-order chi connectivity index (χ0) is 13.8. The molecule has 0 saturated carbocycles. The minimum atomic E-state index is -0.147. The van der Waals surface area contributed by atoms with Crippen molar-refractivity contribution in [2.75, 3.05) is 11.9 Å². The van der Waals surface area contributed by atoms with Gasteiger partial charge in [-0.25, -0.2) is 4.79 Å². The summed E-state index contributed by atoms with van der Waals surface area (Å²) >= 11 is 5.80. The van der Waals surface area contributed by atoms with Gasteiger partial charge in [0.25, 0.3) is 0 Å². The van der Waals surface area contributed by atoms with Crippen molar-refractivity contribution >= 4 is 29.1 Å². The molecule has 0 aliphatic carbocycles. The lowest BCUT2D eigenvalue weighted by molar-refractivity contribution is -0.117. The fourth-order valence-corrected chi connectivity index (χ4v) is 2.50. The third-order valence-corrected chi connectivity index (χ3v) is 3.51. The van der Waals surface area contributed by atoms with Crippen LogP contribution in [0.5, 0.6) is 0 Å². The first kappa shape index (κ1) is 13.9. The van der Waals surface area contributed by atoms with Crippen LogP contribution in [0.25, 0.3) is 0 Å². The Morgan fingerprint density at radius 3 is 2.68 bits per heavy atom. The number of amides is 2. The molecule has 19 heavy (non-hydrogen) atoms. The molecule has 1 atom stereocenters. The average molecular weight is 281 g/mol. The van der Waals surface area contributed by atoms with Gasteiger partial charge in [0.1, 0.15) is 5.78 Å². The Morgan fingerprint density at radius 1 is 1.37 bits per heavy atom. The van der Waals surface area contributed by atoms with E-state index in [4.69, 9.17) is 11.6 Å². The molecule has 1 aliphatic heterocycles. The minimum Gasteiger partial charge on any atom is -0.321 e. The van der Waals surface area contributed by atoms with Crippen LogP contribution in [-0.4, -0.2) is 29.3 Å². The summed E-state index contributed by atoms with van der Waals surface area (Å²) in [4.78, 5) is 25.1. The van der Waals surface area contributed by atoms with Gasteiger partial charge < -0.3 is 10.2 Å². The van der Waals surface area contributed by atoms with Crippen molar-refractivity contribution in [3.05, 3.63) is 29.3 Å². The van der Waals surface area contributed by atoms with Crippen molar-refractivity contribution in [1.29, 1.82) is 0 Å². The number of hydrogen-bond acceptors (Lipinski definition) is 2. The van der Waals surface area contributed by atoms with Crippen LogP contribution in [0.3, 0.4) is 0 Å². The molecular weight excluding hydrogens is 264 g/mol. The van der Waals surface area contributed by atoms with Crippen molar-refractivity contribution < 1.29 is 9.59 Å². The fraction of sp³-hybridized carbons (Fsp3) is 0.429. The molecule has 2 amide bonds. The maximum absolute atomic E-state index is 12.2. The highest BCUT2D eigenvalue weighted by molar-refractivity contribution is 6.30. The van der Waals surface area contributed by atoms with E-state index in [2.05, 4.69) is 5.32 Å². The summed E-state index contributed by atoms with van der Waals surface area (Å²) in [5.74, 6) is 0.121. The first-order valence-electron chi connectivity index (χ1n) is 6.39. The van der Waals surface area contributed by atoms with Crippen molar-refractivity contribution in [1.82, 2.24) is 4.90 Å². The normalized spacial score (nSPS) is 18.4. The summed E-state index contributed by atoms with van der Waals surface area (Å²) in [5.41, 5.74) is 0.711. The molecule has 5 heteroatoms. The molecule has 102 valence electrons. The molecule has 1 N–H and O–H groups in total. The average Bonchev–Trinajstić information content (AvgIpc) is 2.79. The molecule has 0 bridgehead atoms. The molecule has 4 nitrogen and oxygen atoms in total. The van der Waals surface area contributed by atoms with E-state index in [0.717, 1.165) is 12.8 Å². The van der Waals surface area contributed by atoms with Crippen LogP contribution >= 0.6 is 11.6 Å². The van der Waals surface area contributed by atoms with Gasteiger partial charge in [-0.15, -0.1) is 0 Å². The highest BCUT2D eigenvalue weighted by Gasteiger charge is 2.29. The smallest absolute Gasteiger partial charge is 0.321 e. The number of halogens is 1. The van der Waals surface area contributed by atoms with Gasteiger partial charge in [0.15, 0.2) is 0 Å². The second-order valence-electron chi connectivity index (χ2n) is 4.83. The lowest BCUT2D eigenvalue weighted by atomic mass is 10.1. The number of nitrogens with zero attached hydrogens (tertiary/aromatic N) is 1. The summed E-state index contributed by atoms with van der Waals surface area (Å²) in [6, 6.07) is 6.87. The van der Waals surface area contributed by atoms with Gasteiger partial charge >= 0.3 is 6.03 Å². The monoisotopic (exact) mass is 280 g/mol. The first-order chi connectivity index (χ1) is 9.06. The van der Waals surface area contributed by atoms with Crippen LogP contribution in [-0.2, 0) is 4.79 Å². The molecule has 1 heterocycles. The van der Waals surface area contributed by atoms with Crippen molar-refractivity contribution in [2.45, 2.75) is 32.2 Å². The molecule has 2 rings (SSSR count). The lowest BCUT2D eigenvalue weighted by Gasteiger charge is -2.24. The van der Waals surface area contributed by atoms with Gasteiger partial charge in [-0.1, -0.05) is 11.6 Å². The van der Waals surface area contributed by atoms with E-state index in [1.807, 2.05) is 0 Å². The van der Waals surface area contributed by atoms with Crippen LogP contribution in [0.2, 0.25) is 5.02 Å². The van der Waals surface area contributed by atoms with E-state index in [9.17, 15) is 9.59 Å². The van der Waals surface area contributed by atoms with Crippen LogP contribution < -0.4 is 5.32 Å². The number of rotatable bonds is 3. The van der Waals surface area contributed by atoms with E-state index in [1.165, 1.54) is 0 Å². The van der Waals surface area contributed by atoms with Crippen LogP contribution in [0.4, 0.5) is 10.5 Å². The summed E-state index contributed by atoms with van der Waals surface area (Å²) < 4.78 is 0. The van der Waals surface area contributed by atoms with Gasteiger partial charge in [-0.05, 0) is 44.0 Å². The Kier molecular flexibility index (Phi) is 4.43. The number of ketones is 1. The Morgan fingerprint density at radius 2 is 2.05 bits per heavy atom. The highest BCUT2D eigenvalue weighted by atomic mass is 35.5. The van der Waals surface area contributed by atoms with Gasteiger partial charge in [0.2, 0.25) is 0 Å². The fourth-order valence-electron chi connectivity index (χ4n) is 2.38. The zero-order valence-electron chi connectivity index (χ0n) is 10.9. The number of hydrogen-bond donors (Lipinski definition) is 1. The predicted molar refractivity (Wildman–Crippen MR) is 75.5 cm³/mol. The second kappa shape index (κ2) is 6.06. The van der Waals surface area contributed by atoms with Gasteiger partial charge in [-0.3, -0.25) is 4.79 Å². The largest absolute Gasteiger partial charge is 0.322 e. The Hall–Kier alpha value is -1.55. The van der Waals surface area contributed by atoms with E-state index in [0.29, 0.717) is 23.7 Å². The SMILES string of the molecule is CC(=O)CC1CCCN1C(=O)Nc1ccc(Cl)cc1. The lowest BCUT2D eigenvalue weighted by Crippen LogP contribution is -2.39.